The van der Waals surface area contributed by atoms with E-state index in [4.69, 9.17) is 16.3 Å². The second-order valence-corrected chi connectivity index (χ2v) is 9.37. The maximum absolute atomic E-state index is 12.7. The first-order valence-corrected chi connectivity index (χ1v) is 12.0. The van der Waals surface area contributed by atoms with Crippen LogP contribution in [0.15, 0.2) is 47.4 Å². The molecular weight excluding hydrogens is 476 g/mol. The number of nitrogens with zero attached hydrogens (tertiary/aromatic N) is 1. The Morgan fingerprint density at radius 1 is 1.15 bits per heavy atom. The molecule has 0 atom stereocenters. The van der Waals surface area contributed by atoms with E-state index >= 15 is 0 Å². The molecule has 1 heterocycles. The van der Waals surface area contributed by atoms with Gasteiger partial charge in [-0.3, -0.25) is 19.3 Å². The lowest BCUT2D eigenvalue weighted by Gasteiger charge is -2.13. The highest BCUT2D eigenvalue weighted by molar-refractivity contribution is 8.18. The molecular formula is C25H25ClN2O5S. The summed E-state index contributed by atoms with van der Waals surface area (Å²) < 4.78 is 5.09. The Kier molecular flexibility index (Phi) is 8.52. The van der Waals surface area contributed by atoms with Crippen LogP contribution in [0.1, 0.15) is 54.6 Å². The monoisotopic (exact) mass is 500 g/mol. The summed E-state index contributed by atoms with van der Waals surface area (Å²) in [4.78, 5) is 50.9. The van der Waals surface area contributed by atoms with E-state index < -0.39 is 29.6 Å². The lowest BCUT2D eigenvalue weighted by Crippen LogP contribution is -2.36. The number of carbonyl (C=O) groups excluding carboxylic acids is 4. The number of amides is 3. The number of nitrogens with one attached hydrogen (secondary N) is 1. The molecule has 0 bridgehead atoms. The summed E-state index contributed by atoms with van der Waals surface area (Å²) in [7, 11) is 0. The van der Waals surface area contributed by atoms with Crippen molar-refractivity contribution >= 4 is 58.1 Å². The maximum Gasteiger partial charge on any atom is 0.339 e. The standard InChI is InChI=1S/C25H25ClN2O5S/c1-4-11-33-24(31)19-13-18(9-10-20(19)26)27-22(29)14-28-23(30)21(34-25(28)32)12-16-5-7-17(8-6-16)15(2)3/h5-10,12-13,15H,4,11,14H2,1-3H3,(H,27,29)/b21-12+. The van der Waals surface area contributed by atoms with Crippen LogP contribution in [0.4, 0.5) is 10.5 Å². The molecule has 34 heavy (non-hydrogen) atoms. The van der Waals surface area contributed by atoms with Crippen LogP contribution in [-0.4, -0.2) is 41.1 Å². The van der Waals surface area contributed by atoms with Crippen molar-refractivity contribution in [3.63, 3.8) is 0 Å². The number of hydrogen-bond acceptors (Lipinski definition) is 6. The Hall–Kier alpha value is -3.10. The Morgan fingerprint density at radius 3 is 2.50 bits per heavy atom. The van der Waals surface area contributed by atoms with E-state index in [1.165, 1.54) is 23.8 Å². The summed E-state index contributed by atoms with van der Waals surface area (Å²) in [5.74, 6) is -1.32. The van der Waals surface area contributed by atoms with Gasteiger partial charge in [0.05, 0.1) is 22.1 Å². The summed E-state index contributed by atoms with van der Waals surface area (Å²) in [6.45, 7) is 5.85. The summed E-state index contributed by atoms with van der Waals surface area (Å²) >= 11 is 6.86. The Balaban J connectivity index is 1.66. The first kappa shape index (κ1) is 25.5. The number of rotatable bonds is 8. The van der Waals surface area contributed by atoms with E-state index in [2.05, 4.69) is 19.2 Å². The van der Waals surface area contributed by atoms with Crippen LogP contribution in [0, 0.1) is 0 Å². The van der Waals surface area contributed by atoms with Crippen molar-refractivity contribution in [1.82, 2.24) is 4.90 Å². The van der Waals surface area contributed by atoms with Gasteiger partial charge in [-0.25, -0.2) is 4.79 Å². The third kappa shape index (κ3) is 6.27. The molecule has 0 aromatic heterocycles. The number of thioether (sulfide) groups is 1. The predicted molar refractivity (Wildman–Crippen MR) is 134 cm³/mol. The molecule has 1 saturated heterocycles. The summed E-state index contributed by atoms with van der Waals surface area (Å²) in [5, 5.41) is 2.26. The quantitative estimate of drug-likeness (QED) is 0.369. The van der Waals surface area contributed by atoms with E-state index in [9.17, 15) is 19.2 Å². The molecule has 2 aromatic carbocycles. The van der Waals surface area contributed by atoms with Crippen LogP contribution < -0.4 is 5.32 Å². The average Bonchev–Trinajstić information content (AvgIpc) is 3.06. The van der Waals surface area contributed by atoms with Crippen molar-refractivity contribution in [1.29, 1.82) is 0 Å². The topological polar surface area (TPSA) is 92.8 Å². The molecule has 1 fully saturated rings. The highest BCUT2D eigenvalue weighted by Crippen LogP contribution is 2.32. The van der Waals surface area contributed by atoms with E-state index in [0.717, 1.165) is 22.2 Å². The van der Waals surface area contributed by atoms with E-state index in [1.54, 1.807) is 6.08 Å². The Morgan fingerprint density at radius 2 is 1.85 bits per heavy atom. The molecule has 1 aliphatic heterocycles. The Bertz CT molecular complexity index is 1140. The van der Waals surface area contributed by atoms with Gasteiger partial charge >= 0.3 is 5.97 Å². The number of imide groups is 1. The number of hydrogen-bond donors (Lipinski definition) is 1. The molecule has 2 aromatic rings. The first-order valence-electron chi connectivity index (χ1n) is 10.8. The fourth-order valence-electron chi connectivity index (χ4n) is 3.14. The third-order valence-electron chi connectivity index (χ3n) is 4.98. The molecule has 0 saturated carbocycles. The van der Waals surface area contributed by atoms with Crippen molar-refractivity contribution in [2.24, 2.45) is 0 Å². The van der Waals surface area contributed by atoms with Gasteiger partial charge in [0.15, 0.2) is 0 Å². The van der Waals surface area contributed by atoms with Crippen molar-refractivity contribution in [3.8, 4) is 0 Å². The highest BCUT2D eigenvalue weighted by Gasteiger charge is 2.36. The molecule has 1 aliphatic rings. The normalized spacial score (nSPS) is 14.7. The van der Waals surface area contributed by atoms with Gasteiger partial charge in [0.2, 0.25) is 5.91 Å². The number of carbonyl (C=O) groups is 4. The van der Waals surface area contributed by atoms with Crippen LogP contribution in [0.5, 0.6) is 0 Å². The summed E-state index contributed by atoms with van der Waals surface area (Å²) in [6.07, 6.45) is 2.30. The third-order valence-corrected chi connectivity index (χ3v) is 6.22. The fourth-order valence-corrected chi connectivity index (χ4v) is 4.17. The van der Waals surface area contributed by atoms with E-state index in [1.807, 2.05) is 31.2 Å². The second kappa shape index (κ2) is 11.4. The van der Waals surface area contributed by atoms with Gasteiger partial charge in [0, 0.05) is 5.69 Å². The number of halogens is 1. The molecule has 7 nitrogen and oxygen atoms in total. The van der Waals surface area contributed by atoms with Gasteiger partial charge in [0.25, 0.3) is 11.1 Å². The molecule has 0 aliphatic carbocycles. The fraction of sp³-hybridized carbons (Fsp3) is 0.280. The average molecular weight is 501 g/mol. The zero-order chi connectivity index (χ0) is 24.8. The molecule has 3 amide bonds. The van der Waals surface area contributed by atoms with Gasteiger partial charge in [0.1, 0.15) is 6.54 Å². The number of anilines is 1. The smallest absolute Gasteiger partial charge is 0.339 e. The van der Waals surface area contributed by atoms with E-state index in [-0.39, 0.29) is 22.1 Å². The van der Waals surface area contributed by atoms with Gasteiger partial charge in [-0.2, -0.15) is 0 Å². The SMILES string of the molecule is CCCOC(=O)c1cc(NC(=O)CN2C(=O)S/C(=C/c3ccc(C(C)C)cc3)C2=O)ccc1Cl. The van der Waals surface area contributed by atoms with Crippen molar-refractivity contribution in [2.45, 2.75) is 33.1 Å². The Labute approximate surface area is 207 Å². The zero-order valence-electron chi connectivity index (χ0n) is 19.1. The molecule has 0 unspecified atom stereocenters. The minimum Gasteiger partial charge on any atom is -0.462 e. The van der Waals surface area contributed by atoms with Crippen LogP contribution >= 0.6 is 23.4 Å². The van der Waals surface area contributed by atoms with Crippen molar-refractivity contribution < 1.29 is 23.9 Å². The molecule has 0 spiro atoms. The number of benzene rings is 2. The molecule has 1 N–H and O–H groups in total. The zero-order valence-corrected chi connectivity index (χ0v) is 20.7. The van der Waals surface area contributed by atoms with E-state index in [0.29, 0.717) is 18.0 Å². The lowest BCUT2D eigenvalue weighted by atomic mass is 10.0. The van der Waals surface area contributed by atoms with Crippen LogP contribution in [0.25, 0.3) is 6.08 Å². The van der Waals surface area contributed by atoms with Crippen molar-refractivity contribution in [3.05, 3.63) is 69.1 Å². The van der Waals surface area contributed by atoms with Gasteiger partial charge in [-0.1, -0.05) is 56.6 Å². The first-order chi connectivity index (χ1) is 16.2. The van der Waals surface area contributed by atoms with Crippen molar-refractivity contribution in [2.75, 3.05) is 18.5 Å². The van der Waals surface area contributed by atoms with Crippen LogP contribution in [0.3, 0.4) is 0 Å². The van der Waals surface area contributed by atoms with Gasteiger partial charge < -0.3 is 10.1 Å². The highest BCUT2D eigenvalue weighted by atomic mass is 35.5. The maximum atomic E-state index is 12.7. The lowest BCUT2D eigenvalue weighted by molar-refractivity contribution is -0.127. The molecule has 178 valence electrons. The minimum absolute atomic E-state index is 0.116. The molecule has 0 radical (unpaired) electrons. The molecule has 3 rings (SSSR count). The second-order valence-electron chi connectivity index (χ2n) is 7.97. The summed E-state index contributed by atoms with van der Waals surface area (Å²) in [6, 6.07) is 12.1. The predicted octanol–water partition coefficient (Wildman–Crippen LogP) is 5.71. The largest absolute Gasteiger partial charge is 0.462 e. The van der Waals surface area contributed by atoms with Crippen LogP contribution in [-0.2, 0) is 14.3 Å². The number of esters is 1. The van der Waals surface area contributed by atoms with Gasteiger partial charge in [-0.15, -0.1) is 0 Å². The van der Waals surface area contributed by atoms with Gasteiger partial charge in [-0.05, 0) is 59.5 Å². The molecule has 9 heteroatoms. The number of ether oxygens (including phenoxy) is 1. The van der Waals surface area contributed by atoms with Crippen LogP contribution in [0.2, 0.25) is 5.02 Å². The minimum atomic E-state index is -0.597. The summed E-state index contributed by atoms with van der Waals surface area (Å²) in [5.41, 5.74) is 2.38.